The van der Waals surface area contributed by atoms with Gasteiger partial charge in [-0.25, -0.2) is 10.4 Å². The molecule has 0 saturated carbocycles. The summed E-state index contributed by atoms with van der Waals surface area (Å²) in [5.41, 5.74) is 7.79. The Bertz CT molecular complexity index is 1300. The Kier molecular flexibility index (Phi) is 7.19. The number of methoxy groups -OCH3 is 2. The number of anilines is 2. The number of aromatic nitrogens is 1. The lowest BCUT2D eigenvalue weighted by Gasteiger charge is -2.07. The molecule has 0 saturated heterocycles. The predicted octanol–water partition coefficient (Wildman–Crippen LogP) is 5.64. The second kappa shape index (κ2) is 10.6. The molecule has 7 nitrogen and oxygen atoms in total. The van der Waals surface area contributed by atoms with Crippen molar-refractivity contribution >= 4 is 34.3 Å². The van der Waals surface area contributed by atoms with Gasteiger partial charge in [-0.05, 0) is 55.0 Å². The zero-order valence-corrected chi connectivity index (χ0v) is 19.8. The van der Waals surface area contributed by atoms with Gasteiger partial charge in [0.2, 0.25) is 0 Å². The zero-order valence-electron chi connectivity index (χ0n) is 19.0. The second-order valence-corrected chi connectivity index (χ2v) is 8.28. The number of hydrogen-bond donors (Lipinski definition) is 2. The van der Waals surface area contributed by atoms with Gasteiger partial charge in [-0.15, -0.1) is 11.3 Å². The quantitative estimate of drug-likeness (QED) is 0.256. The number of carbonyl (C=O) groups excluding carboxylic acids is 1. The van der Waals surface area contributed by atoms with E-state index in [2.05, 4.69) is 39.9 Å². The highest BCUT2D eigenvalue weighted by molar-refractivity contribution is 7.14. The lowest BCUT2D eigenvalue weighted by atomic mass is 10.1. The van der Waals surface area contributed by atoms with Crippen LogP contribution >= 0.6 is 11.3 Å². The van der Waals surface area contributed by atoms with Crippen LogP contribution in [0, 0.1) is 6.92 Å². The molecule has 172 valence electrons. The van der Waals surface area contributed by atoms with Crippen LogP contribution in [0.2, 0.25) is 0 Å². The van der Waals surface area contributed by atoms with E-state index in [1.165, 1.54) is 16.9 Å². The maximum absolute atomic E-state index is 12.4. The van der Waals surface area contributed by atoms with Crippen molar-refractivity contribution < 1.29 is 14.3 Å². The minimum absolute atomic E-state index is 0.303. The third kappa shape index (κ3) is 5.60. The van der Waals surface area contributed by atoms with Gasteiger partial charge in [-0.2, -0.15) is 5.10 Å². The number of carbonyl (C=O) groups is 1. The van der Waals surface area contributed by atoms with Crippen molar-refractivity contribution in [1.82, 2.24) is 10.4 Å². The fourth-order valence-corrected chi connectivity index (χ4v) is 3.92. The number of thiazole rings is 1. The summed E-state index contributed by atoms with van der Waals surface area (Å²) in [6, 6.07) is 20.8. The number of hydrogen-bond acceptors (Lipinski definition) is 7. The Morgan fingerprint density at radius 1 is 0.971 bits per heavy atom. The predicted molar refractivity (Wildman–Crippen MR) is 137 cm³/mol. The van der Waals surface area contributed by atoms with Crippen LogP contribution in [0.15, 0.2) is 77.2 Å². The van der Waals surface area contributed by atoms with Crippen molar-refractivity contribution in [3.05, 3.63) is 88.8 Å². The van der Waals surface area contributed by atoms with Crippen molar-refractivity contribution in [3.8, 4) is 22.8 Å². The zero-order chi connectivity index (χ0) is 23.9. The highest BCUT2D eigenvalue weighted by Crippen LogP contribution is 2.28. The fraction of sp³-hybridized carbons (Fsp3) is 0.115. The molecule has 8 heteroatoms. The fourth-order valence-electron chi connectivity index (χ4n) is 3.18. The van der Waals surface area contributed by atoms with Gasteiger partial charge >= 0.3 is 0 Å². The van der Waals surface area contributed by atoms with Gasteiger partial charge in [0, 0.05) is 22.2 Å². The smallest absolute Gasteiger partial charge is 0.271 e. The van der Waals surface area contributed by atoms with E-state index < -0.39 is 0 Å². The highest BCUT2D eigenvalue weighted by Gasteiger charge is 2.08. The van der Waals surface area contributed by atoms with E-state index in [9.17, 15) is 4.79 Å². The number of amides is 1. The van der Waals surface area contributed by atoms with Crippen molar-refractivity contribution in [3.63, 3.8) is 0 Å². The third-order valence-electron chi connectivity index (χ3n) is 5.04. The highest BCUT2D eigenvalue weighted by atomic mass is 32.1. The molecule has 0 bridgehead atoms. The van der Waals surface area contributed by atoms with E-state index in [-0.39, 0.29) is 5.91 Å². The van der Waals surface area contributed by atoms with Crippen LogP contribution in [0.25, 0.3) is 11.3 Å². The molecule has 0 fully saturated rings. The maximum Gasteiger partial charge on any atom is 0.271 e. The third-order valence-corrected chi connectivity index (χ3v) is 5.79. The molecule has 0 radical (unpaired) electrons. The van der Waals surface area contributed by atoms with Gasteiger partial charge in [0.05, 0.1) is 26.1 Å². The molecule has 0 aliphatic carbocycles. The molecule has 2 N–H and O–H groups in total. The van der Waals surface area contributed by atoms with Crippen molar-refractivity contribution in [2.24, 2.45) is 5.10 Å². The van der Waals surface area contributed by atoms with E-state index in [1.54, 1.807) is 44.7 Å². The molecule has 4 rings (SSSR count). The van der Waals surface area contributed by atoms with Crippen LogP contribution in [-0.4, -0.2) is 31.3 Å². The molecule has 1 aromatic heterocycles. The molecule has 0 unspecified atom stereocenters. The lowest BCUT2D eigenvalue weighted by Crippen LogP contribution is -2.17. The molecule has 1 amide bonds. The summed E-state index contributed by atoms with van der Waals surface area (Å²) in [7, 11) is 3.14. The van der Waals surface area contributed by atoms with Crippen LogP contribution in [-0.2, 0) is 0 Å². The number of nitrogens with zero attached hydrogens (tertiary/aromatic N) is 2. The number of ether oxygens (including phenoxy) is 2. The Morgan fingerprint density at radius 2 is 1.71 bits per heavy atom. The molecule has 0 aliphatic heterocycles. The summed E-state index contributed by atoms with van der Waals surface area (Å²) < 4.78 is 10.5. The van der Waals surface area contributed by atoms with Gasteiger partial charge in [-0.3, -0.25) is 4.79 Å². The minimum Gasteiger partial charge on any atom is -0.493 e. The van der Waals surface area contributed by atoms with Crippen molar-refractivity contribution in [2.45, 2.75) is 6.92 Å². The van der Waals surface area contributed by atoms with Gasteiger partial charge in [-0.1, -0.05) is 29.8 Å². The summed E-state index contributed by atoms with van der Waals surface area (Å²) in [4.78, 5) is 17.1. The van der Waals surface area contributed by atoms with Crippen LogP contribution in [0.1, 0.15) is 21.5 Å². The molecule has 1 heterocycles. The molecular formula is C26H24N4O3S. The van der Waals surface area contributed by atoms with Gasteiger partial charge in [0.1, 0.15) is 0 Å². The van der Waals surface area contributed by atoms with Crippen LogP contribution in [0.3, 0.4) is 0 Å². The Morgan fingerprint density at radius 3 is 2.41 bits per heavy atom. The normalized spacial score (nSPS) is 10.8. The van der Waals surface area contributed by atoms with E-state index in [1.807, 2.05) is 35.7 Å². The first-order valence-corrected chi connectivity index (χ1v) is 11.4. The topological polar surface area (TPSA) is 84.8 Å². The maximum atomic E-state index is 12.4. The summed E-state index contributed by atoms with van der Waals surface area (Å²) in [6.07, 6.45) is 1.55. The summed E-state index contributed by atoms with van der Waals surface area (Å²) in [6.45, 7) is 2.06. The molecule has 0 spiro atoms. The van der Waals surface area contributed by atoms with Crippen molar-refractivity contribution in [1.29, 1.82) is 0 Å². The van der Waals surface area contributed by atoms with Gasteiger partial charge in [0.25, 0.3) is 5.91 Å². The molecule has 3 aromatic carbocycles. The summed E-state index contributed by atoms with van der Waals surface area (Å²) in [5, 5.41) is 10.1. The van der Waals surface area contributed by atoms with E-state index in [0.29, 0.717) is 17.1 Å². The van der Waals surface area contributed by atoms with Crippen LogP contribution < -0.4 is 20.2 Å². The molecule has 0 aliphatic rings. The molecule has 0 atom stereocenters. The second-order valence-electron chi connectivity index (χ2n) is 7.42. The first-order valence-electron chi connectivity index (χ1n) is 10.5. The van der Waals surface area contributed by atoms with E-state index in [4.69, 9.17) is 9.47 Å². The Labute approximate surface area is 202 Å². The first-order chi connectivity index (χ1) is 16.6. The van der Waals surface area contributed by atoms with Crippen LogP contribution in [0.4, 0.5) is 10.8 Å². The summed E-state index contributed by atoms with van der Waals surface area (Å²) >= 11 is 1.53. The first kappa shape index (κ1) is 23.0. The number of hydrazone groups is 1. The van der Waals surface area contributed by atoms with E-state index >= 15 is 0 Å². The largest absolute Gasteiger partial charge is 0.493 e. The van der Waals surface area contributed by atoms with Gasteiger partial charge < -0.3 is 14.8 Å². The number of rotatable bonds is 8. The number of aryl methyl sites for hydroxylation is 1. The molecule has 34 heavy (non-hydrogen) atoms. The molecular weight excluding hydrogens is 448 g/mol. The monoisotopic (exact) mass is 472 g/mol. The average Bonchev–Trinajstić information content (AvgIpc) is 3.34. The summed E-state index contributed by atoms with van der Waals surface area (Å²) in [5.74, 6) is 0.915. The Balaban J connectivity index is 1.37. The lowest BCUT2D eigenvalue weighted by molar-refractivity contribution is 0.0955. The standard InChI is InChI=1S/C26H24N4O3S/c1-17-4-11-21(12-5-17)28-26-29-22(16-34-26)19-7-9-20(10-8-19)25(31)30-27-15-18-6-13-23(32-2)24(14-18)33-3/h4-16H,1-3H3,(H,28,29)(H,30,31)/b27-15-. The molecule has 4 aromatic rings. The number of benzene rings is 3. The van der Waals surface area contributed by atoms with Crippen LogP contribution in [0.5, 0.6) is 11.5 Å². The number of nitrogens with one attached hydrogen (secondary N) is 2. The minimum atomic E-state index is -0.303. The van der Waals surface area contributed by atoms with Crippen molar-refractivity contribution in [2.75, 3.05) is 19.5 Å². The Hall–Kier alpha value is -4.17. The SMILES string of the molecule is COc1ccc(/C=N\NC(=O)c2ccc(-c3csc(Nc4ccc(C)cc4)n3)cc2)cc1OC. The van der Waals surface area contributed by atoms with E-state index in [0.717, 1.165) is 27.6 Å². The average molecular weight is 473 g/mol. The van der Waals surface area contributed by atoms with Gasteiger partial charge in [0.15, 0.2) is 16.6 Å².